The predicted octanol–water partition coefficient (Wildman–Crippen LogP) is 0.826. The number of carbonyl (C=O) groups excluding carboxylic acids is 3. The van der Waals surface area contributed by atoms with Crippen molar-refractivity contribution in [2.24, 2.45) is 5.92 Å². The largest absolute Gasteiger partial charge is 0.352 e. The van der Waals surface area contributed by atoms with E-state index in [1.54, 1.807) is 24.3 Å². The molecular formula is C19H23N3O5S. The maximum Gasteiger partial charge on any atom is 0.325 e. The predicted molar refractivity (Wildman–Crippen MR) is 101 cm³/mol. The number of benzene rings is 1. The van der Waals surface area contributed by atoms with Gasteiger partial charge in [-0.3, -0.25) is 14.5 Å². The average Bonchev–Trinajstić information content (AvgIpc) is 3.47. The van der Waals surface area contributed by atoms with Gasteiger partial charge in [0.05, 0.1) is 18.1 Å². The van der Waals surface area contributed by atoms with E-state index in [0.717, 1.165) is 10.5 Å². The summed E-state index contributed by atoms with van der Waals surface area (Å²) in [5.74, 6) is -0.103. The molecule has 0 aromatic heterocycles. The van der Waals surface area contributed by atoms with Crippen molar-refractivity contribution in [1.82, 2.24) is 15.5 Å². The van der Waals surface area contributed by atoms with E-state index in [1.807, 2.05) is 0 Å². The van der Waals surface area contributed by atoms with Crippen molar-refractivity contribution < 1.29 is 22.8 Å². The quantitative estimate of drug-likeness (QED) is 0.705. The third kappa shape index (κ3) is 3.76. The highest BCUT2D eigenvalue weighted by Crippen LogP contribution is 2.31. The molecule has 1 aromatic carbocycles. The third-order valence-electron chi connectivity index (χ3n) is 5.73. The van der Waals surface area contributed by atoms with Crippen molar-refractivity contribution >= 4 is 27.7 Å². The molecule has 28 heavy (non-hydrogen) atoms. The molecule has 1 saturated carbocycles. The Balaban J connectivity index is 1.40. The molecular weight excluding hydrogens is 382 g/mol. The van der Waals surface area contributed by atoms with E-state index in [9.17, 15) is 22.8 Å². The lowest BCUT2D eigenvalue weighted by Gasteiger charge is -2.30. The topological polar surface area (TPSA) is 113 Å². The van der Waals surface area contributed by atoms with Gasteiger partial charge < -0.3 is 10.6 Å². The Hall–Kier alpha value is -2.42. The SMILES string of the molecule is O=C(NCC1CC1)c1ccc(CN2C(=O)NC3(CCS(=O)(=O)CC3)C2=O)cc1. The molecule has 1 aliphatic carbocycles. The van der Waals surface area contributed by atoms with Crippen LogP contribution in [0.1, 0.15) is 41.6 Å². The number of nitrogens with one attached hydrogen (secondary N) is 2. The lowest BCUT2D eigenvalue weighted by molar-refractivity contribution is -0.132. The number of amides is 4. The zero-order chi connectivity index (χ0) is 19.9. The molecule has 8 nitrogen and oxygen atoms in total. The van der Waals surface area contributed by atoms with Crippen molar-refractivity contribution in [3.05, 3.63) is 35.4 Å². The molecule has 3 fully saturated rings. The van der Waals surface area contributed by atoms with Gasteiger partial charge in [-0.2, -0.15) is 0 Å². The summed E-state index contributed by atoms with van der Waals surface area (Å²) in [4.78, 5) is 38.4. The Kier molecular flexibility index (Phi) is 4.65. The van der Waals surface area contributed by atoms with Crippen LogP contribution in [0.5, 0.6) is 0 Å². The van der Waals surface area contributed by atoms with Crippen molar-refractivity contribution in [2.45, 2.75) is 37.8 Å². The Bertz CT molecular complexity index is 907. The van der Waals surface area contributed by atoms with Gasteiger partial charge in [-0.05, 0) is 49.3 Å². The maximum atomic E-state index is 12.8. The van der Waals surface area contributed by atoms with Gasteiger partial charge in [0.25, 0.3) is 11.8 Å². The van der Waals surface area contributed by atoms with Gasteiger partial charge >= 0.3 is 6.03 Å². The monoisotopic (exact) mass is 405 g/mol. The summed E-state index contributed by atoms with van der Waals surface area (Å²) in [5.41, 5.74) is 0.156. The van der Waals surface area contributed by atoms with E-state index in [-0.39, 0.29) is 42.7 Å². The molecule has 2 N–H and O–H groups in total. The van der Waals surface area contributed by atoms with Gasteiger partial charge in [-0.15, -0.1) is 0 Å². The molecule has 2 aliphatic heterocycles. The molecule has 2 saturated heterocycles. The summed E-state index contributed by atoms with van der Waals surface area (Å²) in [7, 11) is -3.14. The summed E-state index contributed by atoms with van der Waals surface area (Å²) in [6.07, 6.45) is 2.55. The maximum absolute atomic E-state index is 12.8. The second-order valence-corrected chi connectivity index (χ2v) is 10.2. The van der Waals surface area contributed by atoms with Crippen LogP contribution in [0.15, 0.2) is 24.3 Å². The fourth-order valence-electron chi connectivity index (χ4n) is 3.65. The van der Waals surface area contributed by atoms with Gasteiger partial charge in [0.2, 0.25) is 0 Å². The van der Waals surface area contributed by atoms with Crippen molar-refractivity contribution in [2.75, 3.05) is 18.1 Å². The number of nitrogens with zero attached hydrogens (tertiary/aromatic N) is 1. The van der Waals surface area contributed by atoms with Crippen LogP contribution in [0.4, 0.5) is 4.79 Å². The smallest absolute Gasteiger partial charge is 0.325 e. The van der Waals surface area contributed by atoms with E-state index in [0.29, 0.717) is 18.0 Å². The van der Waals surface area contributed by atoms with Gasteiger partial charge in [-0.25, -0.2) is 13.2 Å². The number of rotatable bonds is 5. The minimum Gasteiger partial charge on any atom is -0.352 e. The van der Waals surface area contributed by atoms with Crippen LogP contribution in [-0.2, 0) is 21.2 Å². The molecule has 4 amide bonds. The minimum absolute atomic E-state index is 0.0864. The molecule has 150 valence electrons. The zero-order valence-corrected chi connectivity index (χ0v) is 16.3. The van der Waals surface area contributed by atoms with Crippen molar-refractivity contribution in [3.63, 3.8) is 0 Å². The highest BCUT2D eigenvalue weighted by atomic mass is 32.2. The second kappa shape index (κ2) is 6.88. The number of hydrogen-bond donors (Lipinski definition) is 2. The fourth-order valence-corrected chi connectivity index (χ4v) is 5.17. The van der Waals surface area contributed by atoms with Crippen LogP contribution in [0.3, 0.4) is 0 Å². The Labute approximate surface area is 163 Å². The van der Waals surface area contributed by atoms with Gasteiger partial charge in [-0.1, -0.05) is 12.1 Å². The summed E-state index contributed by atoms with van der Waals surface area (Å²) >= 11 is 0. The lowest BCUT2D eigenvalue weighted by Crippen LogP contribution is -2.52. The third-order valence-corrected chi connectivity index (χ3v) is 7.38. The second-order valence-electron chi connectivity index (χ2n) is 7.91. The first-order valence-electron chi connectivity index (χ1n) is 9.50. The van der Waals surface area contributed by atoms with E-state index in [2.05, 4.69) is 10.6 Å². The highest BCUT2D eigenvalue weighted by molar-refractivity contribution is 7.91. The molecule has 2 heterocycles. The van der Waals surface area contributed by atoms with E-state index in [4.69, 9.17) is 0 Å². The number of imide groups is 1. The van der Waals surface area contributed by atoms with Crippen LogP contribution < -0.4 is 10.6 Å². The summed E-state index contributed by atoms with van der Waals surface area (Å²) in [6, 6.07) is 6.31. The number of hydrogen-bond acceptors (Lipinski definition) is 5. The molecule has 1 aromatic rings. The first-order chi connectivity index (χ1) is 13.3. The van der Waals surface area contributed by atoms with Gasteiger partial charge in [0.15, 0.2) is 9.84 Å². The minimum atomic E-state index is -3.14. The molecule has 0 bridgehead atoms. The Morgan fingerprint density at radius 1 is 1.14 bits per heavy atom. The zero-order valence-electron chi connectivity index (χ0n) is 15.4. The average molecular weight is 405 g/mol. The molecule has 0 radical (unpaired) electrons. The van der Waals surface area contributed by atoms with Crippen molar-refractivity contribution in [3.8, 4) is 0 Å². The highest BCUT2D eigenvalue weighted by Gasteiger charge is 2.53. The molecule has 9 heteroatoms. The van der Waals surface area contributed by atoms with Crippen LogP contribution >= 0.6 is 0 Å². The first kappa shape index (κ1) is 18.9. The summed E-state index contributed by atoms with van der Waals surface area (Å²) < 4.78 is 23.3. The number of carbonyl (C=O) groups is 3. The molecule has 3 aliphatic rings. The molecule has 1 spiro atoms. The van der Waals surface area contributed by atoms with E-state index >= 15 is 0 Å². The standard InChI is InChI=1S/C19H23N3O5S/c23-16(20-11-13-1-2-13)15-5-3-14(4-6-15)12-22-17(24)19(21-18(22)25)7-9-28(26,27)10-8-19/h3-6,13H,1-2,7-12H2,(H,20,23)(H,21,25). The molecule has 0 unspecified atom stereocenters. The normalized spacial score (nSPS) is 22.9. The van der Waals surface area contributed by atoms with E-state index in [1.165, 1.54) is 12.8 Å². The summed E-state index contributed by atoms with van der Waals surface area (Å²) in [5, 5.41) is 5.60. The van der Waals surface area contributed by atoms with Crippen molar-refractivity contribution in [1.29, 1.82) is 0 Å². The Morgan fingerprint density at radius 3 is 2.39 bits per heavy atom. The van der Waals surface area contributed by atoms with Gasteiger partial charge in [0.1, 0.15) is 5.54 Å². The number of sulfone groups is 1. The van der Waals surface area contributed by atoms with Gasteiger partial charge in [0, 0.05) is 12.1 Å². The molecule has 0 atom stereocenters. The number of urea groups is 1. The summed E-state index contributed by atoms with van der Waals surface area (Å²) in [6.45, 7) is 0.782. The lowest BCUT2D eigenvalue weighted by atomic mass is 9.92. The fraction of sp³-hybridized carbons (Fsp3) is 0.526. The van der Waals surface area contributed by atoms with Crippen LogP contribution in [0.2, 0.25) is 0 Å². The van der Waals surface area contributed by atoms with Crippen LogP contribution in [-0.4, -0.2) is 54.8 Å². The molecule has 4 rings (SSSR count). The van der Waals surface area contributed by atoms with Crippen LogP contribution in [0, 0.1) is 5.92 Å². The first-order valence-corrected chi connectivity index (χ1v) is 11.3. The Morgan fingerprint density at radius 2 is 1.79 bits per heavy atom. The van der Waals surface area contributed by atoms with Crippen LogP contribution in [0.25, 0.3) is 0 Å². The van der Waals surface area contributed by atoms with E-state index < -0.39 is 21.4 Å².